The van der Waals surface area contributed by atoms with Gasteiger partial charge in [0.05, 0.1) is 24.7 Å². The highest BCUT2D eigenvalue weighted by Crippen LogP contribution is 2.36. The normalized spacial score (nSPS) is 11.7. The molecule has 0 aliphatic heterocycles. The molecule has 0 aromatic carbocycles. The highest BCUT2D eigenvalue weighted by Gasteiger charge is 2.17. The van der Waals surface area contributed by atoms with Gasteiger partial charge in [-0.15, -0.1) is 0 Å². The first kappa shape index (κ1) is 18.0. The SMILES string of the molecule is C(=C\c1cc(-c2ccc3cccccc2-3)cc(/C=C/c2ccco2)[o+]1)/c1ccco1. The average Bonchev–Trinajstić information content (AvgIpc) is 3.51. The summed E-state index contributed by atoms with van der Waals surface area (Å²) in [5.41, 5.74) is 4.65. The molecule has 0 fully saturated rings. The number of furan rings is 2. The third kappa shape index (κ3) is 3.87. The van der Waals surface area contributed by atoms with Crippen molar-refractivity contribution in [3.8, 4) is 22.3 Å². The Morgan fingerprint density at radius 1 is 0.533 bits per heavy atom. The monoisotopic (exact) mass is 391 g/mol. The fourth-order valence-corrected chi connectivity index (χ4v) is 3.43. The van der Waals surface area contributed by atoms with Gasteiger partial charge in [0, 0.05) is 17.7 Å². The van der Waals surface area contributed by atoms with Crippen LogP contribution in [0.2, 0.25) is 0 Å². The van der Waals surface area contributed by atoms with Crippen molar-refractivity contribution in [3.63, 3.8) is 0 Å². The Morgan fingerprint density at radius 2 is 1.17 bits per heavy atom. The van der Waals surface area contributed by atoms with E-state index in [1.165, 1.54) is 11.1 Å². The lowest BCUT2D eigenvalue weighted by molar-refractivity contribution is 0.529. The van der Waals surface area contributed by atoms with Gasteiger partial charge in [0.1, 0.15) is 11.5 Å². The summed E-state index contributed by atoms with van der Waals surface area (Å²) in [5.74, 6) is 3.01. The summed E-state index contributed by atoms with van der Waals surface area (Å²) < 4.78 is 16.9. The first-order valence-corrected chi connectivity index (χ1v) is 9.75. The van der Waals surface area contributed by atoms with Gasteiger partial charge in [-0.3, -0.25) is 0 Å². The van der Waals surface area contributed by atoms with E-state index >= 15 is 0 Å². The quantitative estimate of drug-likeness (QED) is 0.286. The van der Waals surface area contributed by atoms with Crippen molar-refractivity contribution in [2.24, 2.45) is 0 Å². The molecule has 0 amide bonds. The highest BCUT2D eigenvalue weighted by atomic mass is 16.3. The smallest absolute Gasteiger partial charge is 0.354 e. The van der Waals surface area contributed by atoms with Crippen molar-refractivity contribution < 1.29 is 13.3 Å². The third-order valence-electron chi connectivity index (χ3n) is 4.84. The number of rotatable bonds is 5. The molecular formula is C27H19O3+. The van der Waals surface area contributed by atoms with E-state index in [4.69, 9.17) is 13.3 Å². The summed E-state index contributed by atoms with van der Waals surface area (Å²) in [4.78, 5) is 0. The summed E-state index contributed by atoms with van der Waals surface area (Å²) in [6, 6.07) is 26.4. The molecule has 0 N–H and O–H groups in total. The maximum Gasteiger partial charge on any atom is 0.354 e. The zero-order valence-electron chi connectivity index (χ0n) is 16.2. The summed E-state index contributed by atoms with van der Waals surface area (Å²) in [5, 5.41) is 0. The van der Waals surface area contributed by atoms with Gasteiger partial charge < -0.3 is 8.83 Å². The van der Waals surface area contributed by atoms with Crippen LogP contribution >= 0.6 is 0 Å². The first-order chi connectivity index (χ1) is 14.8. The summed E-state index contributed by atoms with van der Waals surface area (Å²) >= 11 is 0. The van der Waals surface area contributed by atoms with E-state index in [1.54, 1.807) is 12.5 Å². The van der Waals surface area contributed by atoms with Crippen LogP contribution < -0.4 is 0 Å². The Kier molecular flexibility index (Phi) is 4.84. The second-order valence-corrected chi connectivity index (χ2v) is 6.88. The molecule has 3 heterocycles. The zero-order chi connectivity index (χ0) is 20.2. The summed E-state index contributed by atoms with van der Waals surface area (Å²) in [6.45, 7) is 0. The Bertz CT molecular complexity index is 1210. The molecule has 3 nitrogen and oxygen atoms in total. The van der Waals surface area contributed by atoms with Crippen LogP contribution in [0, 0.1) is 0 Å². The van der Waals surface area contributed by atoms with E-state index in [0.29, 0.717) is 0 Å². The van der Waals surface area contributed by atoms with Gasteiger partial charge in [-0.05, 0) is 53.1 Å². The van der Waals surface area contributed by atoms with Crippen LogP contribution in [0.5, 0.6) is 0 Å². The van der Waals surface area contributed by atoms with Crippen molar-refractivity contribution >= 4 is 24.3 Å². The number of hydrogen-bond acceptors (Lipinski definition) is 2. The van der Waals surface area contributed by atoms with E-state index in [-0.39, 0.29) is 0 Å². The van der Waals surface area contributed by atoms with Gasteiger partial charge in [-0.25, -0.2) is 4.42 Å². The van der Waals surface area contributed by atoms with Crippen molar-refractivity contribution in [2.75, 3.05) is 0 Å². The first-order valence-electron chi connectivity index (χ1n) is 9.75. The lowest BCUT2D eigenvalue weighted by Crippen LogP contribution is -1.83. The molecule has 2 aliphatic carbocycles. The lowest BCUT2D eigenvalue weighted by atomic mass is 10.0. The summed E-state index contributed by atoms with van der Waals surface area (Å²) in [6.07, 6.45) is 10.9. The minimum atomic E-state index is 0.734. The van der Waals surface area contributed by atoms with Crippen molar-refractivity contribution in [1.29, 1.82) is 0 Å². The van der Waals surface area contributed by atoms with Crippen molar-refractivity contribution in [3.05, 3.63) is 114 Å². The molecule has 3 aromatic rings. The molecule has 144 valence electrons. The second-order valence-electron chi connectivity index (χ2n) is 6.88. The molecule has 0 saturated heterocycles. The summed E-state index contributed by atoms with van der Waals surface area (Å²) in [7, 11) is 0. The maximum atomic E-state index is 6.09. The predicted octanol–water partition coefficient (Wildman–Crippen LogP) is 7.86. The van der Waals surface area contributed by atoms with Gasteiger partial charge in [0.25, 0.3) is 0 Å². The van der Waals surface area contributed by atoms with E-state index in [1.807, 2.05) is 66.8 Å². The van der Waals surface area contributed by atoms with Crippen molar-refractivity contribution in [2.45, 2.75) is 0 Å². The average molecular weight is 391 g/mol. The molecule has 0 spiro atoms. The van der Waals surface area contributed by atoms with Gasteiger partial charge in [0.15, 0.2) is 0 Å². The maximum absolute atomic E-state index is 6.09. The fraction of sp³-hybridized carbons (Fsp3) is 0. The number of hydrogen-bond donors (Lipinski definition) is 0. The Labute approximate surface area is 174 Å². The van der Waals surface area contributed by atoms with E-state index < -0.39 is 0 Å². The minimum absolute atomic E-state index is 0.734. The minimum Gasteiger partial charge on any atom is -0.465 e. The molecule has 30 heavy (non-hydrogen) atoms. The standard InChI is InChI=1S/C27H19O3/c1-2-6-20-10-15-27(26(20)9-3-1)21-18-24(13-11-22-7-4-16-28-22)30-25(19-21)14-12-23-8-5-17-29-23/h1-19H/q+1. The van der Waals surface area contributed by atoms with Crippen LogP contribution in [0.25, 0.3) is 46.6 Å². The van der Waals surface area contributed by atoms with Crippen LogP contribution in [0.4, 0.5) is 0 Å². The lowest BCUT2D eigenvalue weighted by Gasteiger charge is -2.01. The molecule has 0 radical (unpaired) electrons. The largest absolute Gasteiger partial charge is 0.465 e. The molecule has 3 heteroatoms. The van der Waals surface area contributed by atoms with Gasteiger partial charge in [0.2, 0.25) is 0 Å². The van der Waals surface area contributed by atoms with Crippen LogP contribution in [0.1, 0.15) is 23.0 Å². The van der Waals surface area contributed by atoms with Crippen LogP contribution in [-0.2, 0) is 0 Å². The molecule has 0 saturated carbocycles. The topological polar surface area (TPSA) is 37.6 Å². The molecule has 0 bridgehead atoms. The molecule has 2 aliphatic rings. The predicted molar refractivity (Wildman–Crippen MR) is 120 cm³/mol. The van der Waals surface area contributed by atoms with Crippen molar-refractivity contribution in [1.82, 2.24) is 0 Å². The van der Waals surface area contributed by atoms with E-state index in [9.17, 15) is 0 Å². The molecule has 0 unspecified atom stereocenters. The Hall–Kier alpha value is -4.11. The zero-order valence-corrected chi connectivity index (χ0v) is 16.2. The Morgan fingerprint density at radius 3 is 1.80 bits per heavy atom. The van der Waals surface area contributed by atoms with Crippen LogP contribution in [0.15, 0.2) is 105 Å². The highest BCUT2D eigenvalue weighted by molar-refractivity contribution is 5.87. The van der Waals surface area contributed by atoms with Crippen LogP contribution in [0.3, 0.4) is 0 Å². The van der Waals surface area contributed by atoms with Gasteiger partial charge in [-0.2, -0.15) is 0 Å². The number of fused-ring (bicyclic) bond motifs is 1. The Balaban J connectivity index is 1.59. The van der Waals surface area contributed by atoms with Crippen LogP contribution in [-0.4, -0.2) is 0 Å². The van der Waals surface area contributed by atoms with Gasteiger partial charge >= 0.3 is 11.5 Å². The van der Waals surface area contributed by atoms with Gasteiger partial charge in [-0.1, -0.05) is 42.5 Å². The van der Waals surface area contributed by atoms with E-state index in [0.717, 1.165) is 34.2 Å². The second kappa shape index (κ2) is 8.10. The molecule has 5 rings (SSSR count). The molecule has 0 atom stereocenters. The fourth-order valence-electron chi connectivity index (χ4n) is 3.43. The molecule has 3 aromatic heterocycles. The van der Waals surface area contributed by atoms with E-state index in [2.05, 4.69) is 36.4 Å². The third-order valence-corrected chi connectivity index (χ3v) is 4.84. The molecular weight excluding hydrogens is 372 g/mol.